The predicted molar refractivity (Wildman–Crippen MR) is 75.5 cm³/mol. The lowest BCUT2D eigenvalue weighted by Crippen LogP contribution is -2.67. The van der Waals surface area contributed by atoms with Crippen molar-refractivity contribution in [3.63, 3.8) is 0 Å². The SMILES string of the molecule is Cc1ccsc1CNCCN1C(=O)C(C)(C)S1(=O)=O. The van der Waals surface area contributed by atoms with E-state index in [4.69, 9.17) is 0 Å². The first-order valence-corrected chi connectivity index (χ1v) is 8.41. The average molecular weight is 302 g/mol. The average Bonchev–Trinajstić information content (AvgIpc) is 2.73. The van der Waals surface area contributed by atoms with E-state index in [-0.39, 0.29) is 12.5 Å². The second-order valence-electron chi connectivity index (χ2n) is 5.10. The van der Waals surface area contributed by atoms with Gasteiger partial charge in [-0.15, -0.1) is 11.3 Å². The Balaban J connectivity index is 1.82. The highest BCUT2D eigenvalue weighted by Crippen LogP contribution is 2.34. The fourth-order valence-electron chi connectivity index (χ4n) is 1.95. The molecule has 5 nitrogen and oxygen atoms in total. The molecule has 0 unspecified atom stereocenters. The molecule has 1 aliphatic heterocycles. The van der Waals surface area contributed by atoms with Crippen molar-refractivity contribution in [2.24, 2.45) is 0 Å². The van der Waals surface area contributed by atoms with Gasteiger partial charge in [-0.1, -0.05) is 0 Å². The first-order valence-electron chi connectivity index (χ1n) is 6.09. The molecule has 2 rings (SSSR count). The van der Waals surface area contributed by atoms with Crippen LogP contribution in [0.5, 0.6) is 0 Å². The van der Waals surface area contributed by atoms with Crippen LogP contribution in [0.15, 0.2) is 11.4 Å². The van der Waals surface area contributed by atoms with E-state index in [0.29, 0.717) is 13.1 Å². The summed E-state index contributed by atoms with van der Waals surface area (Å²) in [6, 6.07) is 2.05. The monoisotopic (exact) mass is 302 g/mol. The van der Waals surface area contributed by atoms with E-state index in [0.717, 1.165) is 4.31 Å². The van der Waals surface area contributed by atoms with Crippen LogP contribution < -0.4 is 5.32 Å². The van der Waals surface area contributed by atoms with Gasteiger partial charge in [0.25, 0.3) is 15.9 Å². The van der Waals surface area contributed by atoms with Gasteiger partial charge in [0.2, 0.25) is 0 Å². The van der Waals surface area contributed by atoms with Crippen molar-refractivity contribution >= 4 is 27.3 Å². The minimum Gasteiger partial charge on any atom is -0.310 e. The molecular weight excluding hydrogens is 284 g/mol. The number of carbonyl (C=O) groups is 1. The Morgan fingerprint density at radius 2 is 2.11 bits per heavy atom. The van der Waals surface area contributed by atoms with Gasteiger partial charge in [-0.05, 0) is 37.8 Å². The molecule has 0 atom stereocenters. The third-order valence-corrected chi connectivity index (χ3v) is 6.84. The maximum Gasteiger partial charge on any atom is 0.258 e. The standard InChI is InChI=1S/C12H18N2O3S2/c1-9-4-7-18-10(9)8-13-5-6-14-11(15)12(2,3)19(14,16)17/h4,7,13H,5-6,8H2,1-3H3. The Hall–Kier alpha value is -0.920. The molecule has 0 bridgehead atoms. The Bertz CT molecular complexity index is 590. The molecule has 1 amide bonds. The zero-order chi connectivity index (χ0) is 14.3. The lowest BCUT2D eigenvalue weighted by atomic mass is 10.2. The van der Waals surface area contributed by atoms with Gasteiger partial charge in [0.05, 0.1) is 0 Å². The molecule has 0 radical (unpaired) electrons. The quantitative estimate of drug-likeness (QED) is 0.827. The van der Waals surface area contributed by atoms with Crippen LogP contribution in [0.25, 0.3) is 0 Å². The van der Waals surface area contributed by atoms with Crippen molar-refractivity contribution in [1.82, 2.24) is 9.62 Å². The van der Waals surface area contributed by atoms with Gasteiger partial charge in [0.1, 0.15) is 0 Å². The minimum atomic E-state index is -3.45. The maximum atomic E-state index is 11.8. The highest BCUT2D eigenvalue weighted by atomic mass is 32.2. The van der Waals surface area contributed by atoms with Crippen molar-refractivity contribution in [3.05, 3.63) is 21.9 Å². The Morgan fingerprint density at radius 3 is 2.63 bits per heavy atom. The second kappa shape index (κ2) is 4.88. The topological polar surface area (TPSA) is 66.5 Å². The lowest BCUT2D eigenvalue weighted by molar-refractivity contribution is -0.132. The Morgan fingerprint density at radius 1 is 1.42 bits per heavy atom. The number of nitrogens with zero attached hydrogens (tertiary/aromatic N) is 1. The molecule has 1 aliphatic rings. The highest BCUT2D eigenvalue weighted by Gasteiger charge is 2.59. The summed E-state index contributed by atoms with van der Waals surface area (Å²) in [6.45, 7) is 6.31. The van der Waals surface area contributed by atoms with Crippen LogP contribution in [-0.4, -0.2) is 36.5 Å². The number of hydrogen-bond donors (Lipinski definition) is 1. The molecule has 1 aromatic heterocycles. The van der Waals surface area contributed by atoms with Gasteiger partial charge in [-0.3, -0.25) is 4.79 Å². The van der Waals surface area contributed by atoms with Gasteiger partial charge in [0, 0.05) is 24.5 Å². The van der Waals surface area contributed by atoms with Crippen LogP contribution >= 0.6 is 11.3 Å². The number of thiophene rings is 1. The van der Waals surface area contributed by atoms with E-state index in [1.807, 2.05) is 18.4 Å². The second-order valence-corrected chi connectivity index (χ2v) is 8.51. The van der Waals surface area contributed by atoms with Gasteiger partial charge in [-0.25, -0.2) is 12.7 Å². The van der Waals surface area contributed by atoms with E-state index in [1.54, 1.807) is 11.3 Å². The van der Waals surface area contributed by atoms with Crippen molar-refractivity contribution in [2.45, 2.75) is 32.1 Å². The fraction of sp³-hybridized carbons (Fsp3) is 0.583. The number of aryl methyl sites for hydroxylation is 1. The summed E-state index contributed by atoms with van der Waals surface area (Å²) in [5.41, 5.74) is 1.23. The molecule has 1 saturated heterocycles. The van der Waals surface area contributed by atoms with Crippen LogP contribution in [0.2, 0.25) is 0 Å². The van der Waals surface area contributed by atoms with Crippen LogP contribution in [0, 0.1) is 6.92 Å². The number of carbonyl (C=O) groups excluding carboxylic acids is 1. The Labute approximate surface area is 117 Å². The number of rotatable bonds is 5. The van der Waals surface area contributed by atoms with Crippen molar-refractivity contribution < 1.29 is 13.2 Å². The zero-order valence-electron chi connectivity index (χ0n) is 11.3. The van der Waals surface area contributed by atoms with E-state index < -0.39 is 14.8 Å². The van der Waals surface area contributed by atoms with E-state index in [2.05, 4.69) is 5.32 Å². The summed E-state index contributed by atoms with van der Waals surface area (Å²) in [4.78, 5) is 12.9. The van der Waals surface area contributed by atoms with E-state index >= 15 is 0 Å². The first-order chi connectivity index (χ1) is 8.78. The van der Waals surface area contributed by atoms with Gasteiger partial charge >= 0.3 is 0 Å². The molecule has 2 heterocycles. The molecule has 7 heteroatoms. The molecule has 1 fully saturated rings. The molecule has 0 aromatic carbocycles. The molecule has 106 valence electrons. The molecule has 1 N–H and O–H groups in total. The molecule has 0 aliphatic carbocycles. The first kappa shape index (κ1) is 14.5. The maximum absolute atomic E-state index is 11.8. The van der Waals surface area contributed by atoms with Gasteiger partial charge < -0.3 is 5.32 Å². The van der Waals surface area contributed by atoms with Crippen LogP contribution in [-0.2, 0) is 21.4 Å². The van der Waals surface area contributed by atoms with E-state index in [1.165, 1.54) is 24.3 Å². The largest absolute Gasteiger partial charge is 0.310 e. The fourth-order valence-corrected chi connectivity index (χ4v) is 4.35. The van der Waals surface area contributed by atoms with E-state index in [9.17, 15) is 13.2 Å². The Kier molecular flexibility index (Phi) is 3.72. The number of hydrogen-bond acceptors (Lipinski definition) is 5. The summed E-state index contributed by atoms with van der Waals surface area (Å²) in [5.74, 6) is -0.318. The summed E-state index contributed by atoms with van der Waals surface area (Å²) in [6.07, 6.45) is 0. The smallest absolute Gasteiger partial charge is 0.258 e. The van der Waals surface area contributed by atoms with Crippen molar-refractivity contribution in [3.8, 4) is 0 Å². The number of sulfonamides is 1. The molecule has 0 spiro atoms. The van der Waals surface area contributed by atoms with Gasteiger partial charge in [0.15, 0.2) is 4.75 Å². The van der Waals surface area contributed by atoms with Crippen molar-refractivity contribution in [2.75, 3.05) is 13.1 Å². The van der Waals surface area contributed by atoms with Crippen molar-refractivity contribution in [1.29, 1.82) is 0 Å². The molecule has 0 saturated carbocycles. The lowest BCUT2D eigenvalue weighted by Gasteiger charge is -2.43. The molecule has 19 heavy (non-hydrogen) atoms. The zero-order valence-corrected chi connectivity index (χ0v) is 12.9. The third kappa shape index (κ3) is 2.30. The predicted octanol–water partition coefficient (Wildman–Crippen LogP) is 1.10. The van der Waals surface area contributed by atoms with Crippen LogP contribution in [0.4, 0.5) is 0 Å². The molecule has 1 aromatic rings. The summed E-state index contributed by atoms with van der Waals surface area (Å²) in [5, 5.41) is 5.19. The minimum absolute atomic E-state index is 0.203. The van der Waals surface area contributed by atoms with Gasteiger partial charge in [-0.2, -0.15) is 0 Å². The summed E-state index contributed by atoms with van der Waals surface area (Å²) < 4.78 is 23.4. The molecular formula is C12H18N2O3S2. The highest BCUT2D eigenvalue weighted by molar-refractivity contribution is 7.94. The third-order valence-electron chi connectivity index (χ3n) is 3.42. The number of amides is 1. The number of nitrogens with one attached hydrogen (secondary N) is 1. The van der Waals surface area contributed by atoms with Crippen LogP contribution in [0.3, 0.4) is 0 Å². The normalized spacial score (nSPS) is 20.4. The summed E-state index contributed by atoms with van der Waals surface area (Å²) in [7, 11) is -3.45. The van der Waals surface area contributed by atoms with Crippen LogP contribution in [0.1, 0.15) is 24.3 Å². The summed E-state index contributed by atoms with van der Waals surface area (Å²) >= 11 is 1.67.